The number of piperidine rings is 1. The van der Waals surface area contributed by atoms with Gasteiger partial charge in [0.15, 0.2) is 9.84 Å². The Morgan fingerprint density at radius 3 is 2.80 bits per heavy atom. The van der Waals surface area contributed by atoms with Crippen molar-refractivity contribution in [2.45, 2.75) is 31.6 Å². The number of primary amides is 1. The number of likely N-dealkylation sites (tertiary alicyclic amines) is 1. The standard InChI is InChI=1S/C9H17N2O3S/c1-2-7-15(13,14)8-5-3-4-6-11(8)9(10)12/h5,8H,2-4,6-7H2,1H3,(H2,10,12). The van der Waals surface area contributed by atoms with Crippen LogP contribution in [0.2, 0.25) is 0 Å². The number of carbonyl (C=O) groups excluding carboxylic acids is 1. The highest BCUT2D eigenvalue weighted by Crippen LogP contribution is 2.21. The second kappa shape index (κ2) is 4.83. The van der Waals surface area contributed by atoms with Gasteiger partial charge in [0, 0.05) is 6.54 Å². The Labute approximate surface area is 90.5 Å². The van der Waals surface area contributed by atoms with Crippen LogP contribution in [0.15, 0.2) is 0 Å². The molecule has 2 amide bonds. The van der Waals surface area contributed by atoms with Gasteiger partial charge in [0.05, 0.1) is 5.75 Å². The van der Waals surface area contributed by atoms with Crippen molar-refractivity contribution >= 4 is 15.9 Å². The molecule has 6 heteroatoms. The molecule has 2 N–H and O–H groups in total. The second-order valence-electron chi connectivity index (χ2n) is 3.67. The molecule has 1 aliphatic rings. The van der Waals surface area contributed by atoms with E-state index in [1.54, 1.807) is 13.3 Å². The van der Waals surface area contributed by atoms with E-state index in [0.29, 0.717) is 13.0 Å². The Kier molecular flexibility index (Phi) is 3.96. The Morgan fingerprint density at radius 1 is 1.60 bits per heavy atom. The molecule has 5 nitrogen and oxygen atoms in total. The summed E-state index contributed by atoms with van der Waals surface area (Å²) < 4.78 is 23.6. The zero-order chi connectivity index (χ0) is 11.5. The number of nitrogens with two attached hydrogens (primary N) is 1. The third-order valence-electron chi connectivity index (χ3n) is 2.42. The van der Waals surface area contributed by atoms with Gasteiger partial charge in [-0.15, -0.1) is 0 Å². The Hall–Kier alpha value is -0.780. The first-order valence-electron chi connectivity index (χ1n) is 5.10. The van der Waals surface area contributed by atoms with Gasteiger partial charge in [0.25, 0.3) is 0 Å². The SMILES string of the molecule is CCCS(=O)(=O)C1[CH]CCCN1C(N)=O. The summed E-state index contributed by atoms with van der Waals surface area (Å²) in [5, 5.41) is -0.816. The van der Waals surface area contributed by atoms with Crippen LogP contribution >= 0.6 is 0 Å². The van der Waals surface area contributed by atoms with Crippen molar-refractivity contribution in [3.63, 3.8) is 0 Å². The van der Waals surface area contributed by atoms with Gasteiger partial charge in [-0.2, -0.15) is 0 Å². The molecule has 1 heterocycles. The van der Waals surface area contributed by atoms with E-state index in [9.17, 15) is 13.2 Å². The first-order valence-corrected chi connectivity index (χ1v) is 6.81. The number of urea groups is 1. The minimum absolute atomic E-state index is 0.0952. The van der Waals surface area contributed by atoms with Crippen molar-refractivity contribution in [1.82, 2.24) is 4.90 Å². The molecule has 1 unspecified atom stereocenters. The number of carbonyl (C=O) groups is 1. The number of hydrogen-bond acceptors (Lipinski definition) is 3. The third-order valence-corrected chi connectivity index (χ3v) is 4.58. The van der Waals surface area contributed by atoms with E-state index in [-0.39, 0.29) is 5.75 Å². The highest BCUT2D eigenvalue weighted by Gasteiger charge is 2.34. The number of sulfone groups is 1. The quantitative estimate of drug-likeness (QED) is 0.771. The average Bonchev–Trinajstić information content (AvgIpc) is 2.17. The van der Waals surface area contributed by atoms with Gasteiger partial charge in [-0.1, -0.05) is 6.92 Å². The van der Waals surface area contributed by atoms with Crippen molar-refractivity contribution in [2.75, 3.05) is 12.3 Å². The summed E-state index contributed by atoms with van der Waals surface area (Å²) in [4.78, 5) is 12.3. The maximum atomic E-state index is 11.8. The molecule has 0 aromatic rings. The smallest absolute Gasteiger partial charge is 0.315 e. The van der Waals surface area contributed by atoms with Crippen molar-refractivity contribution in [3.8, 4) is 0 Å². The highest BCUT2D eigenvalue weighted by atomic mass is 32.2. The molecule has 15 heavy (non-hydrogen) atoms. The molecule has 87 valence electrons. The molecule has 0 spiro atoms. The summed E-state index contributed by atoms with van der Waals surface area (Å²) in [7, 11) is -3.26. The molecule has 1 rings (SSSR count). The minimum atomic E-state index is -3.26. The van der Waals surface area contributed by atoms with Gasteiger partial charge < -0.3 is 10.6 Å². The molecule has 1 aliphatic heterocycles. The van der Waals surface area contributed by atoms with Gasteiger partial charge in [-0.25, -0.2) is 13.2 Å². The zero-order valence-corrected chi connectivity index (χ0v) is 9.66. The zero-order valence-electron chi connectivity index (χ0n) is 8.85. The minimum Gasteiger partial charge on any atom is -0.351 e. The van der Waals surface area contributed by atoms with Crippen molar-refractivity contribution < 1.29 is 13.2 Å². The van der Waals surface area contributed by atoms with E-state index in [4.69, 9.17) is 5.73 Å². The van der Waals surface area contributed by atoms with Crippen LogP contribution in [0.3, 0.4) is 0 Å². The van der Waals surface area contributed by atoms with Gasteiger partial charge in [0.2, 0.25) is 0 Å². The van der Waals surface area contributed by atoms with Crippen LogP contribution in [0, 0.1) is 6.42 Å². The van der Waals surface area contributed by atoms with Crippen LogP contribution < -0.4 is 5.73 Å². The van der Waals surface area contributed by atoms with E-state index in [1.165, 1.54) is 4.90 Å². The molecule has 0 bridgehead atoms. The molecule has 1 radical (unpaired) electrons. The fourth-order valence-electron chi connectivity index (χ4n) is 1.76. The van der Waals surface area contributed by atoms with Crippen molar-refractivity contribution in [1.29, 1.82) is 0 Å². The first-order chi connectivity index (χ1) is 6.99. The number of nitrogens with zero attached hydrogens (tertiary/aromatic N) is 1. The van der Waals surface area contributed by atoms with Crippen LogP contribution in [0.4, 0.5) is 4.79 Å². The molecule has 0 saturated carbocycles. The van der Waals surface area contributed by atoms with Crippen molar-refractivity contribution in [3.05, 3.63) is 6.42 Å². The average molecular weight is 233 g/mol. The van der Waals surface area contributed by atoms with Crippen LogP contribution in [0.5, 0.6) is 0 Å². The van der Waals surface area contributed by atoms with Gasteiger partial charge in [-0.05, 0) is 25.7 Å². The summed E-state index contributed by atoms with van der Waals surface area (Å²) in [6.07, 6.45) is 3.72. The molecule has 1 atom stereocenters. The second-order valence-corrected chi connectivity index (χ2v) is 5.88. The summed E-state index contributed by atoms with van der Waals surface area (Å²) >= 11 is 0. The van der Waals surface area contributed by atoms with Gasteiger partial charge >= 0.3 is 6.03 Å². The lowest BCUT2D eigenvalue weighted by Gasteiger charge is -2.33. The summed E-state index contributed by atoms with van der Waals surface area (Å²) in [6, 6.07) is -0.657. The van der Waals surface area contributed by atoms with Crippen LogP contribution in [0.25, 0.3) is 0 Å². The molecular formula is C9H17N2O3S. The van der Waals surface area contributed by atoms with Crippen molar-refractivity contribution in [2.24, 2.45) is 5.73 Å². The van der Waals surface area contributed by atoms with E-state index in [0.717, 1.165) is 12.8 Å². The third kappa shape index (κ3) is 2.84. The first kappa shape index (κ1) is 12.3. The Balaban J connectivity index is 2.85. The molecule has 1 saturated heterocycles. The summed E-state index contributed by atoms with van der Waals surface area (Å²) in [5.41, 5.74) is 5.15. The number of rotatable bonds is 3. The molecule has 0 aliphatic carbocycles. The van der Waals surface area contributed by atoms with Gasteiger partial charge in [-0.3, -0.25) is 0 Å². The number of amides is 2. The largest absolute Gasteiger partial charge is 0.351 e. The molecule has 1 fully saturated rings. The van der Waals surface area contributed by atoms with E-state index >= 15 is 0 Å². The lowest BCUT2D eigenvalue weighted by atomic mass is 10.1. The lowest BCUT2D eigenvalue weighted by Crippen LogP contribution is -2.51. The fraction of sp³-hybridized carbons (Fsp3) is 0.778. The summed E-state index contributed by atoms with van der Waals surface area (Å²) in [6.45, 7) is 2.23. The predicted octanol–water partition coefficient (Wildman–Crippen LogP) is 0.516. The maximum Gasteiger partial charge on any atom is 0.315 e. The van der Waals surface area contributed by atoms with Gasteiger partial charge in [0.1, 0.15) is 5.37 Å². The monoisotopic (exact) mass is 233 g/mol. The van der Waals surface area contributed by atoms with E-state index < -0.39 is 21.2 Å². The fourth-order valence-corrected chi connectivity index (χ4v) is 3.59. The number of hydrogen-bond donors (Lipinski definition) is 1. The molecule has 0 aromatic carbocycles. The molecular weight excluding hydrogens is 216 g/mol. The van der Waals surface area contributed by atoms with Crippen LogP contribution in [0.1, 0.15) is 26.2 Å². The predicted molar refractivity (Wildman–Crippen MR) is 57.7 cm³/mol. The Morgan fingerprint density at radius 2 is 2.27 bits per heavy atom. The van der Waals surface area contributed by atoms with Crippen LogP contribution in [-0.2, 0) is 9.84 Å². The topological polar surface area (TPSA) is 80.5 Å². The summed E-state index contributed by atoms with van der Waals surface area (Å²) in [5.74, 6) is 0.0952. The van der Waals surface area contributed by atoms with E-state index in [1.807, 2.05) is 0 Å². The lowest BCUT2D eigenvalue weighted by molar-refractivity contribution is 0.197. The van der Waals surface area contributed by atoms with E-state index in [2.05, 4.69) is 0 Å². The van der Waals surface area contributed by atoms with Crippen LogP contribution in [-0.4, -0.2) is 37.0 Å². The highest BCUT2D eigenvalue weighted by molar-refractivity contribution is 7.92. The maximum absolute atomic E-state index is 11.8. The normalized spacial score (nSPS) is 22.7. The molecule has 0 aromatic heterocycles. The Bertz CT molecular complexity index is 326.